The number of hydrogen-bond donors (Lipinski definition) is 0. The molecule has 0 saturated heterocycles. The van der Waals surface area contributed by atoms with Gasteiger partial charge in [0.25, 0.3) is 0 Å². The zero-order valence-corrected chi connectivity index (χ0v) is 10.9. The number of ether oxygens (including phenoxy) is 2. The van der Waals surface area contributed by atoms with E-state index >= 15 is 0 Å². The van der Waals surface area contributed by atoms with Gasteiger partial charge in [0, 0.05) is 11.8 Å². The third-order valence-corrected chi connectivity index (χ3v) is 2.39. The Morgan fingerprint density at radius 2 is 2.06 bits per heavy atom. The van der Waals surface area contributed by atoms with Crippen LogP contribution >= 0.6 is 23.2 Å². The average Bonchev–Trinajstić information content (AvgIpc) is 2.20. The first-order chi connectivity index (χ1) is 7.59. The molecule has 0 aliphatic heterocycles. The summed E-state index contributed by atoms with van der Waals surface area (Å²) >= 11 is 11.6. The standard InChI is InChI=1S/C11H15Cl2NO2/c1-8(2)16-4-3-15-7-9-6-14-11(13)5-10(9)12/h5-6,8H,3-4,7H2,1-2H3. The minimum atomic E-state index is 0.226. The molecule has 1 rings (SSSR count). The molecule has 0 N–H and O–H groups in total. The second-order valence-electron chi connectivity index (χ2n) is 3.57. The first-order valence-electron chi connectivity index (χ1n) is 5.09. The van der Waals surface area contributed by atoms with Gasteiger partial charge in [-0.15, -0.1) is 0 Å². The highest BCUT2D eigenvalue weighted by atomic mass is 35.5. The van der Waals surface area contributed by atoms with E-state index in [9.17, 15) is 0 Å². The molecule has 0 aromatic carbocycles. The molecular formula is C11H15Cl2NO2. The lowest BCUT2D eigenvalue weighted by molar-refractivity contribution is 0.0142. The van der Waals surface area contributed by atoms with E-state index in [0.717, 1.165) is 5.56 Å². The van der Waals surface area contributed by atoms with E-state index in [2.05, 4.69) is 4.98 Å². The second-order valence-corrected chi connectivity index (χ2v) is 4.37. The first kappa shape index (κ1) is 13.7. The van der Waals surface area contributed by atoms with Gasteiger partial charge < -0.3 is 9.47 Å². The van der Waals surface area contributed by atoms with Crippen molar-refractivity contribution in [2.75, 3.05) is 13.2 Å². The summed E-state index contributed by atoms with van der Waals surface area (Å²) in [5.74, 6) is 0. The molecule has 0 atom stereocenters. The van der Waals surface area contributed by atoms with Crippen molar-refractivity contribution >= 4 is 23.2 Å². The molecule has 1 heterocycles. The van der Waals surface area contributed by atoms with Crippen molar-refractivity contribution in [3.63, 3.8) is 0 Å². The first-order valence-corrected chi connectivity index (χ1v) is 5.84. The van der Waals surface area contributed by atoms with E-state index in [1.165, 1.54) is 0 Å². The predicted molar refractivity (Wildman–Crippen MR) is 65.0 cm³/mol. The predicted octanol–water partition coefficient (Wildman–Crippen LogP) is 3.33. The van der Waals surface area contributed by atoms with Gasteiger partial charge in [-0.3, -0.25) is 0 Å². The fraction of sp³-hybridized carbons (Fsp3) is 0.545. The maximum absolute atomic E-state index is 5.96. The molecule has 1 aromatic rings. The Labute approximate surface area is 106 Å². The Balaban J connectivity index is 2.27. The minimum Gasteiger partial charge on any atom is -0.376 e. The number of nitrogens with zero attached hydrogens (tertiary/aromatic N) is 1. The highest BCUT2D eigenvalue weighted by molar-refractivity contribution is 6.34. The van der Waals surface area contributed by atoms with Crippen LogP contribution in [-0.4, -0.2) is 24.3 Å². The monoisotopic (exact) mass is 263 g/mol. The summed E-state index contributed by atoms with van der Waals surface area (Å²) in [5.41, 5.74) is 0.829. The number of hydrogen-bond acceptors (Lipinski definition) is 3. The Bertz CT molecular complexity index is 332. The largest absolute Gasteiger partial charge is 0.376 e. The Kier molecular flexibility index (Phi) is 6.06. The highest BCUT2D eigenvalue weighted by Gasteiger charge is 2.02. The molecule has 0 spiro atoms. The minimum absolute atomic E-state index is 0.226. The van der Waals surface area contributed by atoms with Gasteiger partial charge in [-0.2, -0.15) is 0 Å². The van der Waals surface area contributed by atoms with Crippen molar-refractivity contribution < 1.29 is 9.47 Å². The van der Waals surface area contributed by atoms with Gasteiger partial charge >= 0.3 is 0 Å². The van der Waals surface area contributed by atoms with E-state index in [4.69, 9.17) is 32.7 Å². The molecule has 16 heavy (non-hydrogen) atoms. The third kappa shape index (κ3) is 5.12. The van der Waals surface area contributed by atoms with Crippen molar-refractivity contribution in [1.29, 1.82) is 0 Å². The second kappa shape index (κ2) is 7.07. The number of halogens is 2. The van der Waals surface area contributed by atoms with Crippen LogP contribution < -0.4 is 0 Å². The fourth-order valence-electron chi connectivity index (χ4n) is 1.07. The molecule has 0 aliphatic rings. The normalized spacial score (nSPS) is 11.1. The van der Waals surface area contributed by atoms with Crippen LogP contribution in [0.4, 0.5) is 0 Å². The number of rotatable bonds is 6. The molecule has 5 heteroatoms. The van der Waals surface area contributed by atoms with Crippen LogP contribution in [0.2, 0.25) is 10.2 Å². The summed E-state index contributed by atoms with van der Waals surface area (Å²) in [6.45, 7) is 5.51. The number of aromatic nitrogens is 1. The maximum Gasteiger partial charge on any atom is 0.130 e. The van der Waals surface area contributed by atoms with Crippen LogP contribution in [0.1, 0.15) is 19.4 Å². The summed E-state index contributed by atoms with van der Waals surface area (Å²) in [4.78, 5) is 3.94. The van der Waals surface area contributed by atoms with Crippen LogP contribution in [0.5, 0.6) is 0 Å². The molecule has 1 aromatic heterocycles. The van der Waals surface area contributed by atoms with E-state index < -0.39 is 0 Å². The summed E-state index contributed by atoms with van der Waals surface area (Å²) in [6, 6.07) is 1.60. The molecule has 0 fully saturated rings. The van der Waals surface area contributed by atoms with Gasteiger partial charge in [-0.1, -0.05) is 23.2 Å². The van der Waals surface area contributed by atoms with E-state index in [1.54, 1.807) is 12.3 Å². The van der Waals surface area contributed by atoms with E-state index in [-0.39, 0.29) is 6.10 Å². The fourth-order valence-corrected chi connectivity index (χ4v) is 1.49. The SMILES string of the molecule is CC(C)OCCOCc1cnc(Cl)cc1Cl. The zero-order valence-electron chi connectivity index (χ0n) is 9.37. The molecule has 0 amide bonds. The van der Waals surface area contributed by atoms with Gasteiger partial charge in [0.2, 0.25) is 0 Å². The Morgan fingerprint density at radius 1 is 1.31 bits per heavy atom. The van der Waals surface area contributed by atoms with Crippen molar-refractivity contribution in [2.24, 2.45) is 0 Å². The summed E-state index contributed by atoms with van der Waals surface area (Å²) < 4.78 is 10.7. The van der Waals surface area contributed by atoms with Crippen molar-refractivity contribution in [3.05, 3.63) is 28.0 Å². The lowest BCUT2D eigenvalue weighted by Gasteiger charge is -2.08. The molecule has 3 nitrogen and oxygen atoms in total. The zero-order chi connectivity index (χ0) is 12.0. The maximum atomic E-state index is 5.96. The summed E-state index contributed by atoms with van der Waals surface area (Å²) in [6.07, 6.45) is 1.85. The molecule has 90 valence electrons. The quantitative estimate of drug-likeness (QED) is 0.583. The van der Waals surface area contributed by atoms with Crippen LogP contribution in [0.15, 0.2) is 12.3 Å². The molecular weight excluding hydrogens is 249 g/mol. The topological polar surface area (TPSA) is 31.4 Å². The molecule has 0 radical (unpaired) electrons. The van der Waals surface area contributed by atoms with Gasteiger partial charge in [-0.25, -0.2) is 4.98 Å². The van der Waals surface area contributed by atoms with Crippen LogP contribution in [0, 0.1) is 0 Å². The Morgan fingerprint density at radius 3 is 2.69 bits per heavy atom. The smallest absolute Gasteiger partial charge is 0.130 e. The molecule has 0 unspecified atom stereocenters. The molecule has 0 aliphatic carbocycles. The summed E-state index contributed by atoms with van der Waals surface area (Å²) in [5, 5.41) is 0.960. The van der Waals surface area contributed by atoms with Crippen LogP contribution in [-0.2, 0) is 16.1 Å². The third-order valence-electron chi connectivity index (χ3n) is 1.83. The lowest BCUT2D eigenvalue weighted by atomic mass is 10.3. The van der Waals surface area contributed by atoms with Crippen LogP contribution in [0.25, 0.3) is 0 Å². The Hall–Kier alpha value is -0.350. The van der Waals surface area contributed by atoms with Gasteiger partial charge in [0.15, 0.2) is 0 Å². The highest BCUT2D eigenvalue weighted by Crippen LogP contribution is 2.19. The van der Waals surface area contributed by atoms with Crippen molar-refractivity contribution in [2.45, 2.75) is 26.6 Å². The van der Waals surface area contributed by atoms with Gasteiger partial charge in [-0.05, 0) is 19.9 Å². The van der Waals surface area contributed by atoms with Crippen molar-refractivity contribution in [1.82, 2.24) is 4.98 Å². The number of pyridine rings is 1. The van der Waals surface area contributed by atoms with E-state index in [0.29, 0.717) is 30.0 Å². The summed E-state index contributed by atoms with van der Waals surface area (Å²) in [7, 11) is 0. The van der Waals surface area contributed by atoms with Crippen LogP contribution in [0.3, 0.4) is 0 Å². The van der Waals surface area contributed by atoms with Gasteiger partial charge in [0.1, 0.15) is 5.15 Å². The van der Waals surface area contributed by atoms with Gasteiger partial charge in [0.05, 0.1) is 30.9 Å². The van der Waals surface area contributed by atoms with E-state index in [1.807, 2.05) is 13.8 Å². The lowest BCUT2D eigenvalue weighted by Crippen LogP contribution is -2.09. The molecule has 0 bridgehead atoms. The average molecular weight is 264 g/mol. The molecule has 0 saturated carbocycles. The van der Waals surface area contributed by atoms with Crippen molar-refractivity contribution in [3.8, 4) is 0 Å².